The van der Waals surface area contributed by atoms with Gasteiger partial charge < -0.3 is 13.9 Å². The van der Waals surface area contributed by atoms with Gasteiger partial charge >= 0.3 is 0 Å². The highest BCUT2D eigenvalue weighted by Crippen LogP contribution is 2.55. The van der Waals surface area contributed by atoms with E-state index in [0.717, 1.165) is 53.3 Å². The lowest BCUT2D eigenvalue weighted by atomic mass is 9.94. The molecule has 1 aromatic carbocycles. The number of aromatic nitrogens is 4. The van der Waals surface area contributed by atoms with Crippen LogP contribution < -0.4 is 4.74 Å². The number of hydrogen-bond donors (Lipinski definition) is 0. The first kappa shape index (κ1) is 60.5. The summed E-state index contributed by atoms with van der Waals surface area (Å²) in [5.74, 6) is 1.16. The van der Waals surface area contributed by atoms with Gasteiger partial charge in [-0.2, -0.15) is 8.75 Å². The minimum Gasteiger partial charge on any atom is -0.487 e. The van der Waals surface area contributed by atoms with E-state index in [-0.39, 0.29) is 0 Å². The molecule has 6 nitrogen and oxygen atoms in total. The third kappa shape index (κ3) is 14.4. The van der Waals surface area contributed by atoms with Crippen molar-refractivity contribution in [2.75, 3.05) is 7.11 Å². The lowest BCUT2D eigenvalue weighted by Crippen LogP contribution is -2.14. The molecule has 0 saturated heterocycles. The highest BCUT2D eigenvalue weighted by atomic mass is 32.1. The van der Waals surface area contributed by atoms with Gasteiger partial charge in [0, 0.05) is 29.4 Å². The molecule has 2 atom stereocenters. The zero-order valence-corrected chi connectivity index (χ0v) is 53.3. The van der Waals surface area contributed by atoms with Crippen LogP contribution >= 0.6 is 57.1 Å². The van der Waals surface area contributed by atoms with Crippen LogP contribution in [0.4, 0.5) is 0 Å². The maximum atomic E-state index is 13.2. The van der Waals surface area contributed by atoms with E-state index in [1.54, 1.807) is 11.3 Å². The molecule has 8 aromatic rings. The molecule has 0 N–H and O–H groups in total. The predicted octanol–water partition coefficient (Wildman–Crippen LogP) is 24.0. The van der Waals surface area contributed by atoms with Gasteiger partial charge in [-0.15, -0.1) is 34.0 Å². The summed E-state index contributed by atoms with van der Waals surface area (Å²) in [6.07, 6.45) is 47.5. The van der Waals surface area contributed by atoms with Crippen LogP contribution in [-0.4, -0.2) is 31.3 Å². The number of benzene rings is 1. The van der Waals surface area contributed by atoms with Gasteiger partial charge in [0.05, 0.1) is 74.0 Å². The Kier molecular flexibility index (Phi) is 24.8. The second kappa shape index (κ2) is 31.6. The average Bonchev–Trinajstić information content (AvgIpc) is 4.50. The van der Waals surface area contributed by atoms with Crippen LogP contribution in [0.15, 0.2) is 0 Å². The minimum absolute atomic E-state index is 0.573. The van der Waals surface area contributed by atoms with Crippen molar-refractivity contribution >= 4 is 135 Å². The number of rotatable bonds is 42. The number of carbonyl (C=O) groups excluding carboxylic acids is 1. The molecule has 0 radical (unpaired) electrons. The van der Waals surface area contributed by atoms with Crippen molar-refractivity contribution in [1.82, 2.24) is 17.9 Å². The Morgan fingerprint density at radius 3 is 1.22 bits per heavy atom. The first-order chi connectivity index (χ1) is 38.0. The van der Waals surface area contributed by atoms with Crippen molar-refractivity contribution < 1.29 is 9.53 Å². The molecule has 0 bridgehead atoms. The lowest BCUT2D eigenvalue weighted by molar-refractivity contribution is 0.112. The number of methoxy groups -OCH3 is 1. The molecule has 11 heteroatoms. The largest absolute Gasteiger partial charge is 0.487 e. The highest BCUT2D eigenvalue weighted by molar-refractivity contribution is 7.35. The van der Waals surface area contributed by atoms with E-state index in [1.807, 2.05) is 41.1 Å². The molecule has 2 unspecified atom stereocenters. The van der Waals surface area contributed by atoms with Gasteiger partial charge in [-0.25, -0.2) is 0 Å². The summed E-state index contributed by atoms with van der Waals surface area (Å²) >= 11 is 9.13. The topological polar surface area (TPSA) is 61.9 Å². The van der Waals surface area contributed by atoms with Gasteiger partial charge in [0.25, 0.3) is 0 Å². The van der Waals surface area contributed by atoms with Crippen molar-refractivity contribution in [3.8, 4) is 5.06 Å². The average molecular weight is 1140 g/mol. The molecule has 77 heavy (non-hydrogen) atoms. The van der Waals surface area contributed by atoms with E-state index in [9.17, 15) is 4.79 Å². The molecule has 0 spiro atoms. The molecule has 426 valence electrons. The molecule has 0 fully saturated rings. The van der Waals surface area contributed by atoms with Gasteiger partial charge in [0.1, 0.15) is 11.0 Å². The van der Waals surface area contributed by atoms with Gasteiger partial charge in [0.15, 0.2) is 11.3 Å². The minimum atomic E-state index is 0.573. The van der Waals surface area contributed by atoms with Crippen LogP contribution in [-0.2, 0) is 25.9 Å². The lowest BCUT2D eigenvalue weighted by Gasteiger charge is -2.22. The standard InChI is InChI=1S/C66H100N4O2S5/c1-8-14-20-24-26-28-30-32-36-42-49-51(46-71)73-64-58-62(74-60(49)64)52-54-55(68-77-67-54)53-57(56(52)69(58)44-47(38-18-12-5)40-34-22-16-10-3)70(45-48(39-19-13-6)41-35-23-17-11-4)59-63(53)75-61-50(66(72-7)76-65(59)61)43-37-33-31-29-27-25-21-15-9-2/h46-48H,8-45H2,1-7H3. The smallest absolute Gasteiger partial charge is 0.178 e. The number of fused-ring (bicyclic) bond motifs is 14. The summed E-state index contributed by atoms with van der Waals surface area (Å²) in [6, 6.07) is 0. The van der Waals surface area contributed by atoms with Crippen LogP contribution in [0.2, 0.25) is 0 Å². The number of carbonyl (C=O) groups is 1. The molecule has 8 rings (SSSR count). The molecule has 0 aliphatic carbocycles. The Bertz CT molecular complexity index is 3030. The van der Waals surface area contributed by atoms with Crippen LogP contribution in [0.25, 0.3) is 72.1 Å². The molecule has 7 aromatic heterocycles. The summed E-state index contributed by atoms with van der Waals surface area (Å²) in [5, 5.41) is 3.77. The quantitative estimate of drug-likeness (QED) is 0.0283. The molecule has 7 heterocycles. The Hall–Kier alpha value is -2.57. The third-order valence-electron chi connectivity index (χ3n) is 17.5. The monoisotopic (exact) mass is 1140 g/mol. The van der Waals surface area contributed by atoms with Crippen molar-refractivity contribution in [2.45, 2.75) is 286 Å². The molecule has 0 aliphatic heterocycles. The summed E-state index contributed by atoms with van der Waals surface area (Å²) in [7, 11) is 1.91. The van der Waals surface area contributed by atoms with Crippen LogP contribution in [0, 0.1) is 11.8 Å². The van der Waals surface area contributed by atoms with Crippen molar-refractivity contribution in [2.24, 2.45) is 11.8 Å². The first-order valence-corrected chi connectivity index (χ1v) is 36.0. The van der Waals surface area contributed by atoms with E-state index < -0.39 is 0 Å². The molecular weight excluding hydrogens is 1040 g/mol. The Morgan fingerprint density at radius 2 is 0.792 bits per heavy atom. The zero-order chi connectivity index (χ0) is 53.9. The van der Waals surface area contributed by atoms with Gasteiger partial charge in [0.2, 0.25) is 0 Å². The number of unbranched alkanes of at least 4 members (excludes halogenated alkanes) is 24. The summed E-state index contributed by atoms with van der Waals surface area (Å²) in [6.45, 7) is 16.1. The number of aryl methyl sites for hydroxylation is 2. The molecule has 0 saturated carbocycles. The van der Waals surface area contributed by atoms with E-state index in [2.05, 4.69) is 50.7 Å². The SMILES string of the molecule is CCCCCCCCCCCc1c(C=O)sc2c1sc1c3c4nsnc4c4c5sc6c(CCCCCCCCCCC)c(OC)sc6c5n(CC(CCCC)CCCCCC)c4c3n(CC(CCCC)CCCCCC)c21. The van der Waals surface area contributed by atoms with Crippen LogP contribution in [0.1, 0.15) is 281 Å². The molecule has 0 aliphatic rings. The highest BCUT2D eigenvalue weighted by Gasteiger charge is 2.33. The van der Waals surface area contributed by atoms with Crippen molar-refractivity contribution in [3.63, 3.8) is 0 Å². The number of ether oxygens (including phenoxy) is 1. The van der Waals surface area contributed by atoms with E-state index >= 15 is 0 Å². The maximum absolute atomic E-state index is 13.2. The fraction of sp³-hybridized carbons (Fsp3) is 0.712. The van der Waals surface area contributed by atoms with Crippen LogP contribution in [0.5, 0.6) is 5.06 Å². The summed E-state index contributed by atoms with van der Waals surface area (Å²) in [5.41, 5.74) is 10.5. The number of nitrogens with zero attached hydrogens (tertiary/aromatic N) is 4. The van der Waals surface area contributed by atoms with Crippen molar-refractivity contribution in [1.29, 1.82) is 0 Å². The third-order valence-corrected chi connectivity index (χ3v) is 23.1. The van der Waals surface area contributed by atoms with E-state index in [4.69, 9.17) is 13.5 Å². The second-order valence-corrected chi connectivity index (χ2v) is 28.1. The number of thiophene rings is 4. The number of hydrogen-bond acceptors (Lipinski definition) is 9. The Labute approximate surface area is 485 Å². The summed E-state index contributed by atoms with van der Waals surface area (Å²) < 4.78 is 31.2. The fourth-order valence-electron chi connectivity index (χ4n) is 13.1. The summed E-state index contributed by atoms with van der Waals surface area (Å²) in [4.78, 5) is 14.2. The normalized spacial score (nSPS) is 13.2. The molecular formula is C66H100N4O2S5. The second-order valence-electron chi connectivity index (χ2n) is 23.5. The Balaban J connectivity index is 1.33. The van der Waals surface area contributed by atoms with Gasteiger partial charge in [-0.3, -0.25) is 4.79 Å². The van der Waals surface area contributed by atoms with Gasteiger partial charge in [-0.1, -0.05) is 233 Å². The van der Waals surface area contributed by atoms with Crippen molar-refractivity contribution in [3.05, 3.63) is 16.0 Å². The van der Waals surface area contributed by atoms with Crippen LogP contribution in [0.3, 0.4) is 0 Å². The first-order valence-electron chi connectivity index (χ1n) is 32.0. The Morgan fingerprint density at radius 1 is 0.416 bits per heavy atom. The number of aldehydes is 1. The van der Waals surface area contributed by atoms with Gasteiger partial charge in [-0.05, 0) is 68.8 Å². The predicted molar refractivity (Wildman–Crippen MR) is 347 cm³/mol. The zero-order valence-electron chi connectivity index (χ0n) is 49.2. The van der Waals surface area contributed by atoms with E-state index in [0.29, 0.717) is 11.8 Å². The van der Waals surface area contributed by atoms with E-state index in [1.165, 1.54) is 302 Å². The maximum Gasteiger partial charge on any atom is 0.178 e. The fourth-order valence-corrected chi connectivity index (χ4v) is 19.3. The molecule has 0 amide bonds.